The molecule has 2 aromatic rings. The highest BCUT2D eigenvalue weighted by atomic mass is 32.2. The van der Waals surface area contributed by atoms with Gasteiger partial charge in [0.1, 0.15) is 17.8 Å². The third-order valence-electron chi connectivity index (χ3n) is 9.08. The molecular weight excluding hydrogens is 554 g/mol. The van der Waals surface area contributed by atoms with E-state index in [9.17, 15) is 13.2 Å². The average molecular weight is 600 g/mol. The molecule has 0 aromatic heterocycles. The number of rotatable bonds is 17. The van der Waals surface area contributed by atoms with Crippen LogP contribution in [-0.4, -0.2) is 64.9 Å². The first-order valence-electron chi connectivity index (χ1n) is 14.7. The third kappa shape index (κ3) is 7.43. The Morgan fingerprint density at radius 3 is 1.86 bits per heavy atom. The number of hydrogen-bond donors (Lipinski definition) is 0. The number of carbonyl (C=O) groups excluding carboxylic acids is 1. The fourth-order valence-corrected chi connectivity index (χ4v) is 7.75. The van der Waals surface area contributed by atoms with E-state index in [0.717, 1.165) is 48.2 Å². The molecule has 230 valence electrons. The van der Waals surface area contributed by atoms with Gasteiger partial charge in [-0.05, 0) is 84.9 Å². The van der Waals surface area contributed by atoms with Crippen LogP contribution < -0.4 is 9.47 Å². The SMILES string of the molecule is COCCO[C@@H](C1=CC([C@H](C)[C@@H](C)S(=O)(=O)N(Cc2ccc(OC)cc2)Cc2ccc(OC)cc2)C1)[C@@H]1CCC1C=O. The molecule has 1 fully saturated rings. The lowest BCUT2D eigenvalue weighted by molar-refractivity contribution is -0.120. The average Bonchev–Trinajstić information content (AvgIpc) is 2.96. The molecule has 2 unspecified atom stereocenters. The number of allylic oxidation sites excluding steroid dienone is 1. The van der Waals surface area contributed by atoms with Crippen LogP contribution in [0.2, 0.25) is 0 Å². The standard InChI is InChI=1S/C33H45NO7S/c1-23(28-18-29(19-28)33(41-17-16-38-3)32-15-10-27(32)22-35)24(2)42(36,37)34(20-25-6-11-30(39-4)12-7-25)21-26-8-13-31(40-5)14-9-26/h6-9,11-14,18,22-24,27-28,32-33H,10,15-17,19-21H2,1-5H3/t23-,24-,27?,28?,32-,33+/m1/s1. The van der Waals surface area contributed by atoms with E-state index in [1.807, 2.05) is 62.4 Å². The summed E-state index contributed by atoms with van der Waals surface area (Å²) in [6, 6.07) is 15.0. The van der Waals surface area contributed by atoms with Crippen LogP contribution in [0.25, 0.3) is 0 Å². The van der Waals surface area contributed by atoms with Crippen LogP contribution in [0, 0.1) is 23.7 Å². The molecule has 9 heteroatoms. The molecule has 2 aliphatic carbocycles. The zero-order valence-electron chi connectivity index (χ0n) is 25.4. The Bertz CT molecular complexity index is 1240. The van der Waals surface area contributed by atoms with Crippen LogP contribution >= 0.6 is 0 Å². The molecule has 0 aliphatic heterocycles. The van der Waals surface area contributed by atoms with Crippen LogP contribution in [-0.2, 0) is 37.4 Å². The molecule has 0 saturated heterocycles. The Hall–Kier alpha value is -2.72. The maximum atomic E-state index is 14.2. The van der Waals surface area contributed by atoms with Gasteiger partial charge in [-0.3, -0.25) is 0 Å². The number of benzene rings is 2. The minimum atomic E-state index is -3.68. The van der Waals surface area contributed by atoms with Crippen LogP contribution in [0.5, 0.6) is 11.5 Å². The second-order valence-corrected chi connectivity index (χ2v) is 13.8. The van der Waals surface area contributed by atoms with Gasteiger partial charge >= 0.3 is 0 Å². The number of nitrogens with zero attached hydrogens (tertiary/aromatic N) is 1. The van der Waals surface area contributed by atoms with Crippen LogP contribution in [0.15, 0.2) is 60.2 Å². The van der Waals surface area contributed by atoms with E-state index < -0.39 is 15.3 Å². The van der Waals surface area contributed by atoms with Crippen molar-refractivity contribution in [2.45, 2.75) is 57.6 Å². The highest BCUT2D eigenvalue weighted by Crippen LogP contribution is 2.46. The first-order chi connectivity index (χ1) is 20.2. The van der Waals surface area contributed by atoms with Crippen LogP contribution in [0.1, 0.15) is 44.2 Å². The van der Waals surface area contributed by atoms with Crippen molar-refractivity contribution < 1.29 is 32.2 Å². The lowest BCUT2D eigenvalue weighted by Crippen LogP contribution is -2.45. The topological polar surface area (TPSA) is 91.4 Å². The molecule has 4 rings (SSSR count). The van der Waals surface area contributed by atoms with Gasteiger partial charge in [0.05, 0.1) is 38.8 Å². The van der Waals surface area contributed by atoms with E-state index in [-0.39, 0.29) is 42.9 Å². The number of ether oxygens (including phenoxy) is 4. The van der Waals surface area contributed by atoms with Gasteiger partial charge in [0, 0.05) is 26.1 Å². The summed E-state index contributed by atoms with van der Waals surface area (Å²) in [4.78, 5) is 11.5. The van der Waals surface area contributed by atoms with E-state index >= 15 is 0 Å². The van der Waals surface area contributed by atoms with Crippen molar-refractivity contribution in [3.8, 4) is 11.5 Å². The van der Waals surface area contributed by atoms with Crippen molar-refractivity contribution >= 4 is 16.3 Å². The fraction of sp³-hybridized carbons (Fsp3) is 0.545. The minimum absolute atomic E-state index is 0.0266. The predicted octanol–water partition coefficient (Wildman–Crippen LogP) is 5.26. The lowest BCUT2D eigenvalue weighted by atomic mass is 9.65. The molecule has 0 N–H and O–H groups in total. The predicted molar refractivity (Wildman–Crippen MR) is 163 cm³/mol. The number of aldehydes is 1. The van der Waals surface area contributed by atoms with E-state index in [2.05, 4.69) is 6.08 Å². The summed E-state index contributed by atoms with van der Waals surface area (Å²) in [5, 5.41) is -0.601. The van der Waals surface area contributed by atoms with Crippen molar-refractivity contribution in [3.63, 3.8) is 0 Å². The van der Waals surface area contributed by atoms with Crippen molar-refractivity contribution in [3.05, 3.63) is 71.3 Å². The van der Waals surface area contributed by atoms with Crippen molar-refractivity contribution in [2.75, 3.05) is 34.5 Å². The van der Waals surface area contributed by atoms with Gasteiger partial charge in [-0.1, -0.05) is 37.3 Å². The lowest BCUT2D eigenvalue weighted by Gasteiger charge is -2.44. The van der Waals surface area contributed by atoms with Gasteiger partial charge < -0.3 is 23.7 Å². The first kappa shape index (κ1) is 32.2. The molecular formula is C33H45NO7S. The van der Waals surface area contributed by atoms with Gasteiger partial charge in [0.15, 0.2) is 0 Å². The quantitative estimate of drug-likeness (QED) is 0.139. The van der Waals surface area contributed by atoms with E-state index in [1.54, 1.807) is 25.6 Å². The van der Waals surface area contributed by atoms with Gasteiger partial charge in [0.25, 0.3) is 0 Å². The van der Waals surface area contributed by atoms with Crippen molar-refractivity contribution in [1.82, 2.24) is 4.31 Å². The smallest absolute Gasteiger partial charge is 0.217 e. The molecule has 0 spiro atoms. The minimum Gasteiger partial charge on any atom is -0.497 e. The summed E-state index contributed by atoms with van der Waals surface area (Å²) in [6.07, 6.45) is 5.77. The fourth-order valence-electron chi connectivity index (χ4n) is 5.88. The molecule has 42 heavy (non-hydrogen) atoms. The Labute approximate surface area is 251 Å². The summed E-state index contributed by atoms with van der Waals surface area (Å²) >= 11 is 0. The highest BCUT2D eigenvalue weighted by Gasteiger charge is 2.44. The van der Waals surface area contributed by atoms with Gasteiger partial charge in [-0.2, -0.15) is 4.31 Å². The third-order valence-corrected chi connectivity index (χ3v) is 11.4. The second-order valence-electron chi connectivity index (χ2n) is 11.5. The van der Waals surface area contributed by atoms with Crippen molar-refractivity contribution in [2.24, 2.45) is 23.7 Å². The maximum absolute atomic E-state index is 14.2. The number of sulfonamides is 1. The van der Waals surface area contributed by atoms with E-state index in [1.165, 1.54) is 5.57 Å². The Balaban J connectivity index is 1.51. The van der Waals surface area contributed by atoms with E-state index in [0.29, 0.717) is 13.2 Å². The first-order valence-corrected chi connectivity index (χ1v) is 16.2. The van der Waals surface area contributed by atoms with Crippen LogP contribution in [0.4, 0.5) is 0 Å². The summed E-state index contributed by atoms with van der Waals surface area (Å²) in [7, 11) is 1.19. The second kappa shape index (κ2) is 14.6. The monoisotopic (exact) mass is 599 g/mol. The Morgan fingerprint density at radius 1 is 0.881 bits per heavy atom. The number of carbonyl (C=O) groups is 1. The molecule has 0 radical (unpaired) electrons. The van der Waals surface area contributed by atoms with Gasteiger partial charge in [-0.25, -0.2) is 8.42 Å². The van der Waals surface area contributed by atoms with Crippen LogP contribution in [0.3, 0.4) is 0 Å². The number of methoxy groups -OCH3 is 3. The van der Waals surface area contributed by atoms with Gasteiger partial charge in [0.2, 0.25) is 10.0 Å². The molecule has 8 nitrogen and oxygen atoms in total. The molecule has 2 aliphatic rings. The van der Waals surface area contributed by atoms with E-state index in [4.69, 9.17) is 18.9 Å². The summed E-state index contributed by atoms with van der Waals surface area (Å²) < 4.78 is 51.9. The normalized spacial score (nSPS) is 22.3. The zero-order valence-corrected chi connectivity index (χ0v) is 26.2. The molecule has 2 aromatic carbocycles. The molecule has 1 saturated carbocycles. The largest absolute Gasteiger partial charge is 0.497 e. The summed E-state index contributed by atoms with van der Waals surface area (Å²) in [6.45, 7) is 5.32. The maximum Gasteiger partial charge on any atom is 0.217 e. The summed E-state index contributed by atoms with van der Waals surface area (Å²) in [5.41, 5.74) is 2.96. The zero-order chi connectivity index (χ0) is 30.3. The number of hydrogen-bond acceptors (Lipinski definition) is 7. The van der Waals surface area contributed by atoms with Crippen molar-refractivity contribution in [1.29, 1.82) is 0 Å². The molecule has 0 amide bonds. The summed E-state index contributed by atoms with van der Waals surface area (Å²) in [5.74, 6) is 1.69. The molecule has 0 heterocycles. The Kier molecular flexibility index (Phi) is 11.2. The van der Waals surface area contributed by atoms with Gasteiger partial charge in [-0.15, -0.1) is 0 Å². The Morgan fingerprint density at radius 2 is 1.43 bits per heavy atom. The molecule has 0 bridgehead atoms. The highest BCUT2D eigenvalue weighted by molar-refractivity contribution is 7.89. The molecule has 6 atom stereocenters.